The van der Waals surface area contributed by atoms with Crippen molar-refractivity contribution in [3.8, 4) is 0 Å². The van der Waals surface area contributed by atoms with Gasteiger partial charge in [0.25, 0.3) is 11.8 Å². The van der Waals surface area contributed by atoms with Crippen molar-refractivity contribution in [1.29, 1.82) is 0 Å². The second kappa shape index (κ2) is 8.20. The quantitative estimate of drug-likeness (QED) is 0.506. The first-order valence-electron chi connectivity index (χ1n) is 10.7. The van der Waals surface area contributed by atoms with Crippen LogP contribution in [0.3, 0.4) is 0 Å². The van der Waals surface area contributed by atoms with Gasteiger partial charge in [-0.1, -0.05) is 0 Å². The number of nitrogens with zero attached hydrogens (tertiary/aromatic N) is 2. The Kier molecular flexibility index (Phi) is 5.60. The van der Waals surface area contributed by atoms with Gasteiger partial charge in [-0.15, -0.1) is 0 Å². The molecule has 1 saturated carbocycles. The summed E-state index contributed by atoms with van der Waals surface area (Å²) in [6.45, 7) is 4.67. The minimum Gasteiger partial charge on any atom is -0.454 e. The van der Waals surface area contributed by atoms with E-state index in [-0.39, 0.29) is 5.92 Å². The lowest BCUT2D eigenvalue weighted by Crippen LogP contribution is -2.46. The predicted octanol–water partition coefficient (Wildman–Crippen LogP) is 1.80. The Morgan fingerprint density at radius 1 is 1.23 bits per heavy atom. The average molecular weight is 428 g/mol. The molecule has 1 atom stereocenters. The Labute approximate surface area is 181 Å². The summed E-state index contributed by atoms with van der Waals surface area (Å²) >= 11 is 0. The number of esters is 1. The number of urea groups is 1. The van der Waals surface area contributed by atoms with Crippen molar-refractivity contribution in [2.75, 3.05) is 36.5 Å². The van der Waals surface area contributed by atoms with E-state index in [4.69, 9.17) is 4.74 Å². The molecule has 2 aliphatic heterocycles. The van der Waals surface area contributed by atoms with E-state index < -0.39 is 42.5 Å². The SMILES string of the molecule is Cc1cc(N2CCCC2)ccc1NC(=O)COC(=O)CN1C(=O)N[C@](C)(C2CC2)C1=O. The molecule has 2 N–H and O–H groups in total. The third-order valence-electron chi connectivity index (χ3n) is 6.30. The number of hydrogen-bond acceptors (Lipinski definition) is 6. The molecule has 31 heavy (non-hydrogen) atoms. The molecule has 0 bridgehead atoms. The Bertz CT molecular complexity index is 922. The van der Waals surface area contributed by atoms with Gasteiger partial charge in [-0.05, 0) is 69.2 Å². The lowest BCUT2D eigenvalue weighted by atomic mass is 9.96. The molecule has 4 rings (SSSR count). The predicted molar refractivity (Wildman–Crippen MR) is 114 cm³/mol. The summed E-state index contributed by atoms with van der Waals surface area (Å²) in [4.78, 5) is 52.2. The highest BCUT2D eigenvalue weighted by atomic mass is 16.5. The molecule has 9 nitrogen and oxygen atoms in total. The maximum atomic E-state index is 12.5. The van der Waals surface area contributed by atoms with Crippen LogP contribution in [0.25, 0.3) is 0 Å². The molecule has 2 heterocycles. The topological polar surface area (TPSA) is 108 Å². The van der Waals surface area contributed by atoms with Gasteiger partial charge >= 0.3 is 12.0 Å². The van der Waals surface area contributed by atoms with Crippen molar-refractivity contribution < 1.29 is 23.9 Å². The van der Waals surface area contributed by atoms with Crippen LogP contribution in [-0.2, 0) is 19.1 Å². The van der Waals surface area contributed by atoms with Crippen molar-refractivity contribution in [1.82, 2.24) is 10.2 Å². The van der Waals surface area contributed by atoms with Gasteiger partial charge in [-0.25, -0.2) is 4.79 Å². The van der Waals surface area contributed by atoms with Crippen molar-refractivity contribution >= 4 is 35.2 Å². The van der Waals surface area contributed by atoms with Crippen LogP contribution in [0, 0.1) is 12.8 Å². The molecule has 2 saturated heterocycles. The normalized spacial score (nSPS) is 23.2. The average Bonchev–Trinajstić information content (AvgIpc) is 3.41. The van der Waals surface area contributed by atoms with E-state index in [1.54, 1.807) is 6.92 Å². The number of amides is 4. The van der Waals surface area contributed by atoms with Crippen molar-refractivity contribution in [3.05, 3.63) is 23.8 Å². The first-order valence-corrected chi connectivity index (χ1v) is 10.7. The maximum absolute atomic E-state index is 12.5. The highest BCUT2D eigenvalue weighted by molar-refractivity contribution is 6.09. The van der Waals surface area contributed by atoms with Gasteiger partial charge in [0, 0.05) is 24.5 Å². The molecular weight excluding hydrogens is 400 g/mol. The van der Waals surface area contributed by atoms with Crippen LogP contribution in [-0.4, -0.2) is 60.5 Å². The monoisotopic (exact) mass is 428 g/mol. The molecule has 0 aromatic heterocycles. The summed E-state index contributed by atoms with van der Waals surface area (Å²) in [5.41, 5.74) is 1.75. The number of carbonyl (C=O) groups is 4. The zero-order valence-electron chi connectivity index (χ0n) is 17.9. The molecule has 9 heteroatoms. The third-order valence-corrected chi connectivity index (χ3v) is 6.30. The molecule has 0 radical (unpaired) electrons. The first-order chi connectivity index (χ1) is 14.8. The van der Waals surface area contributed by atoms with Gasteiger partial charge in [-0.2, -0.15) is 0 Å². The lowest BCUT2D eigenvalue weighted by Gasteiger charge is -2.20. The van der Waals surface area contributed by atoms with Gasteiger partial charge < -0.3 is 20.3 Å². The van der Waals surface area contributed by atoms with Gasteiger partial charge in [0.1, 0.15) is 12.1 Å². The summed E-state index contributed by atoms with van der Waals surface area (Å²) in [6, 6.07) is 5.24. The minimum absolute atomic E-state index is 0.107. The Morgan fingerprint density at radius 2 is 1.94 bits per heavy atom. The van der Waals surface area contributed by atoms with E-state index in [0.717, 1.165) is 42.1 Å². The highest BCUT2D eigenvalue weighted by Gasteiger charge is 2.56. The number of benzene rings is 1. The van der Waals surface area contributed by atoms with E-state index in [1.807, 2.05) is 25.1 Å². The summed E-state index contributed by atoms with van der Waals surface area (Å²) < 4.78 is 4.99. The lowest BCUT2D eigenvalue weighted by molar-refractivity contribution is -0.150. The van der Waals surface area contributed by atoms with Gasteiger partial charge in [0.05, 0.1) is 0 Å². The van der Waals surface area contributed by atoms with Crippen LogP contribution >= 0.6 is 0 Å². The fourth-order valence-electron chi connectivity index (χ4n) is 4.26. The summed E-state index contributed by atoms with van der Waals surface area (Å²) in [5, 5.41) is 5.41. The van der Waals surface area contributed by atoms with Gasteiger partial charge in [0.2, 0.25) is 0 Å². The number of anilines is 2. The van der Waals surface area contributed by atoms with E-state index in [0.29, 0.717) is 5.69 Å². The van der Waals surface area contributed by atoms with Gasteiger partial charge in [0.15, 0.2) is 6.61 Å². The Morgan fingerprint density at radius 3 is 2.58 bits per heavy atom. The molecule has 1 aliphatic carbocycles. The second-order valence-electron chi connectivity index (χ2n) is 8.70. The standard InChI is InChI=1S/C22H28N4O5/c1-14-11-16(25-9-3-4-10-25)7-8-17(14)23-18(27)13-31-19(28)12-26-20(29)22(2,15-5-6-15)24-21(26)30/h7-8,11,15H,3-6,9-10,12-13H2,1-2H3,(H,23,27)(H,24,30)/t22-/m1/s1. The van der Waals surface area contributed by atoms with Crippen LogP contribution in [0.5, 0.6) is 0 Å². The van der Waals surface area contributed by atoms with Gasteiger partial charge in [-0.3, -0.25) is 19.3 Å². The summed E-state index contributed by atoms with van der Waals surface area (Å²) in [5.74, 6) is -1.60. The van der Waals surface area contributed by atoms with E-state index >= 15 is 0 Å². The van der Waals surface area contributed by atoms with E-state index in [1.165, 1.54) is 12.8 Å². The number of rotatable bonds is 7. The molecule has 3 aliphatic rings. The molecule has 4 amide bonds. The third kappa shape index (κ3) is 4.35. The molecule has 1 aromatic carbocycles. The van der Waals surface area contributed by atoms with Crippen LogP contribution in [0.4, 0.5) is 16.2 Å². The number of hydrogen-bond donors (Lipinski definition) is 2. The number of aryl methyl sites for hydroxylation is 1. The van der Waals surface area contributed by atoms with Crippen LogP contribution in [0.2, 0.25) is 0 Å². The fourth-order valence-corrected chi connectivity index (χ4v) is 4.26. The minimum atomic E-state index is -0.951. The van der Waals surface area contributed by atoms with Crippen LogP contribution in [0.15, 0.2) is 18.2 Å². The molecule has 166 valence electrons. The molecular formula is C22H28N4O5. The maximum Gasteiger partial charge on any atom is 0.326 e. The van der Waals surface area contributed by atoms with Crippen LogP contribution < -0.4 is 15.5 Å². The summed E-state index contributed by atoms with van der Waals surface area (Å²) in [7, 11) is 0. The van der Waals surface area contributed by atoms with E-state index in [9.17, 15) is 19.2 Å². The Hall–Kier alpha value is -3.10. The smallest absolute Gasteiger partial charge is 0.326 e. The second-order valence-corrected chi connectivity index (χ2v) is 8.70. The van der Waals surface area contributed by atoms with Crippen LogP contribution in [0.1, 0.15) is 38.2 Å². The number of ether oxygens (including phenoxy) is 1. The van der Waals surface area contributed by atoms with Crippen molar-refractivity contribution in [2.24, 2.45) is 5.92 Å². The Balaban J connectivity index is 1.26. The van der Waals surface area contributed by atoms with Crippen molar-refractivity contribution in [3.63, 3.8) is 0 Å². The van der Waals surface area contributed by atoms with Crippen molar-refractivity contribution in [2.45, 2.75) is 45.1 Å². The number of nitrogens with one attached hydrogen (secondary N) is 2. The fraction of sp³-hybridized carbons (Fsp3) is 0.545. The molecule has 1 aromatic rings. The zero-order chi connectivity index (χ0) is 22.2. The molecule has 3 fully saturated rings. The number of imide groups is 1. The zero-order valence-corrected chi connectivity index (χ0v) is 17.9. The van der Waals surface area contributed by atoms with E-state index in [2.05, 4.69) is 15.5 Å². The summed E-state index contributed by atoms with van der Waals surface area (Å²) in [6.07, 6.45) is 4.12. The molecule has 0 unspecified atom stereocenters. The number of carbonyl (C=O) groups excluding carboxylic acids is 4. The first kappa shape index (κ1) is 21.1. The molecule has 0 spiro atoms. The largest absolute Gasteiger partial charge is 0.454 e. The highest BCUT2D eigenvalue weighted by Crippen LogP contribution is 2.42.